The minimum atomic E-state index is -3.86. The predicted octanol–water partition coefficient (Wildman–Crippen LogP) is 7.64. The Kier molecular flexibility index (Phi) is 12.2. The van der Waals surface area contributed by atoms with Crippen LogP contribution in [-0.4, -0.2) is 62.4 Å². The summed E-state index contributed by atoms with van der Waals surface area (Å²) < 4.78 is 58.1. The molecule has 0 radical (unpaired) electrons. The second-order valence-electron chi connectivity index (χ2n) is 13.7. The molecule has 0 aromatic heterocycles. The Morgan fingerprint density at radius 1 is 0.667 bits per heavy atom. The first kappa shape index (κ1) is 39.6. The topological polar surface area (TPSA) is 133 Å². The fourth-order valence-corrected chi connectivity index (χ4v) is 11.4. The number of aryl methyl sites for hydroxylation is 3. The van der Waals surface area contributed by atoms with Gasteiger partial charge in [-0.3, -0.25) is 9.59 Å². The summed E-state index contributed by atoms with van der Waals surface area (Å²) in [5, 5.41) is 5.80. The van der Waals surface area contributed by atoms with Crippen molar-refractivity contribution in [3.8, 4) is 0 Å². The van der Waals surface area contributed by atoms with Crippen LogP contribution in [0.3, 0.4) is 0 Å². The summed E-state index contributed by atoms with van der Waals surface area (Å²) >= 11 is 3.42. The Morgan fingerprint density at radius 2 is 1.09 bits per heavy atom. The van der Waals surface area contributed by atoms with Gasteiger partial charge in [0.1, 0.15) is 12.1 Å². The summed E-state index contributed by atoms with van der Waals surface area (Å²) in [6.45, 7) is 6.35. The molecule has 284 valence electrons. The molecule has 10 nitrogen and oxygen atoms in total. The molecule has 2 atom stereocenters. The Balaban J connectivity index is 1.05. The third-order valence-electron chi connectivity index (χ3n) is 10.0. The molecule has 2 aliphatic rings. The Bertz CT molecular complexity index is 2120. The third-order valence-corrected chi connectivity index (χ3v) is 14.5. The number of hydrogen-bond acceptors (Lipinski definition) is 6. The van der Waals surface area contributed by atoms with E-state index in [1.807, 2.05) is 63.3 Å². The van der Waals surface area contributed by atoms with Gasteiger partial charge in [-0.2, -0.15) is 8.61 Å². The highest BCUT2D eigenvalue weighted by molar-refractivity contribution is 9.10. The van der Waals surface area contributed by atoms with E-state index in [1.165, 1.54) is 8.61 Å². The number of nitrogens with zero attached hydrogens (tertiary/aromatic N) is 2. The lowest BCUT2D eigenvalue weighted by atomic mass is 10.1. The van der Waals surface area contributed by atoms with Crippen LogP contribution in [0.4, 0.5) is 11.4 Å². The van der Waals surface area contributed by atoms with Gasteiger partial charge < -0.3 is 10.6 Å². The van der Waals surface area contributed by atoms with E-state index in [4.69, 9.17) is 0 Å². The van der Waals surface area contributed by atoms with Crippen LogP contribution in [0.5, 0.6) is 0 Å². The zero-order valence-electron chi connectivity index (χ0n) is 30.6. The van der Waals surface area contributed by atoms with Crippen molar-refractivity contribution in [2.45, 2.75) is 81.2 Å². The summed E-state index contributed by atoms with van der Waals surface area (Å²) in [6.07, 6.45) is 7.08. The number of amides is 2. The predicted molar refractivity (Wildman–Crippen MR) is 217 cm³/mol. The van der Waals surface area contributed by atoms with E-state index < -0.39 is 32.1 Å². The van der Waals surface area contributed by atoms with Gasteiger partial charge in [-0.15, -0.1) is 0 Å². The number of anilines is 2. The van der Waals surface area contributed by atoms with Crippen LogP contribution in [0.2, 0.25) is 0 Å². The molecular weight excluding hydrogens is 789 g/mol. The van der Waals surface area contributed by atoms with Gasteiger partial charge in [-0.05, 0) is 116 Å². The SMILES string of the molecule is CCc1cc(C)ccc1S(=O)(=O)N1CCC[C@H]1C(=O)Nc1ccc(/C=C/c2ccc(NC(=O)[C@@H]3CCCN3S(=O)(=O)c3ccc(Br)cc3CC)cc2)cc1. The maximum absolute atomic E-state index is 13.7. The fourth-order valence-electron chi connectivity index (χ4n) is 7.14. The van der Waals surface area contributed by atoms with Crippen LogP contribution in [0.15, 0.2) is 99.2 Å². The second kappa shape index (κ2) is 16.7. The molecule has 0 aliphatic carbocycles. The molecule has 2 aliphatic heterocycles. The van der Waals surface area contributed by atoms with Crippen LogP contribution in [0.25, 0.3) is 12.2 Å². The average Bonchev–Trinajstić information content (AvgIpc) is 3.87. The van der Waals surface area contributed by atoms with Crippen molar-refractivity contribution in [3.63, 3.8) is 0 Å². The number of hydrogen-bond donors (Lipinski definition) is 2. The molecule has 2 amide bonds. The third kappa shape index (κ3) is 8.55. The molecule has 2 fully saturated rings. The molecule has 0 bridgehead atoms. The van der Waals surface area contributed by atoms with E-state index in [2.05, 4.69) is 26.6 Å². The Morgan fingerprint density at radius 3 is 1.54 bits per heavy atom. The molecule has 0 saturated carbocycles. The van der Waals surface area contributed by atoms with Crippen molar-refractivity contribution in [3.05, 3.63) is 117 Å². The molecule has 4 aromatic carbocycles. The largest absolute Gasteiger partial charge is 0.325 e. The van der Waals surface area contributed by atoms with Gasteiger partial charge in [-0.1, -0.05) is 83.9 Å². The molecule has 13 heteroatoms. The smallest absolute Gasteiger partial charge is 0.244 e. The lowest BCUT2D eigenvalue weighted by molar-refractivity contribution is -0.119. The molecule has 6 rings (SSSR count). The summed E-state index contributed by atoms with van der Waals surface area (Å²) in [5.74, 6) is -0.713. The van der Waals surface area contributed by atoms with Crippen molar-refractivity contribution in [1.29, 1.82) is 0 Å². The first-order chi connectivity index (χ1) is 25.8. The van der Waals surface area contributed by atoms with Crippen LogP contribution >= 0.6 is 15.9 Å². The maximum atomic E-state index is 13.7. The molecule has 0 unspecified atom stereocenters. The zero-order chi connectivity index (χ0) is 38.6. The molecule has 2 N–H and O–H groups in total. The van der Waals surface area contributed by atoms with Crippen molar-refractivity contribution in [2.24, 2.45) is 0 Å². The summed E-state index contributed by atoms with van der Waals surface area (Å²) in [6, 6.07) is 23.4. The van der Waals surface area contributed by atoms with E-state index in [0.717, 1.165) is 26.7 Å². The first-order valence-corrected chi connectivity index (χ1v) is 21.9. The van der Waals surface area contributed by atoms with Crippen molar-refractivity contribution >= 4 is 71.3 Å². The van der Waals surface area contributed by atoms with Crippen molar-refractivity contribution in [1.82, 2.24) is 8.61 Å². The molecule has 2 heterocycles. The number of carbonyl (C=O) groups excluding carboxylic acids is 2. The van der Waals surface area contributed by atoms with Crippen molar-refractivity contribution < 1.29 is 26.4 Å². The summed E-state index contributed by atoms with van der Waals surface area (Å²) in [7, 11) is -7.70. The Labute approximate surface area is 326 Å². The van der Waals surface area contributed by atoms with Gasteiger partial charge in [0, 0.05) is 28.9 Å². The van der Waals surface area contributed by atoms with Crippen LogP contribution in [0.1, 0.15) is 67.3 Å². The van der Waals surface area contributed by atoms with E-state index in [-0.39, 0.29) is 28.2 Å². The van der Waals surface area contributed by atoms with Gasteiger partial charge in [0.15, 0.2) is 0 Å². The van der Waals surface area contributed by atoms with Gasteiger partial charge in [-0.25, -0.2) is 16.8 Å². The highest BCUT2D eigenvalue weighted by Crippen LogP contribution is 2.32. The first-order valence-electron chi connectivity index (χ1n) is 18.2. The highest BCUT2D eigenvalue weighted by atomic mass is 79.9. The lowest BCUT2D eigenvalue weighted by Crippen LogP contribution is -2.43. The summed E-state index contributed by atoms with van der Waals surface area (Å²) in [4.78, 5) is 27.2. The number of sulfonamides is 2. The van der Waals surface area contributed by atoms with Crippen LogP contribution in [-0.2, 0) is 42.5 Å². The average molecular weight is 834 g/mol. The molecule has 2 saturated heterocycles. The van der Waals surface area contributed by atoms with E-state index in [9.17, 15) is 26.4 Å². The van der Waals surface area contributed by atoms with Gasteiger partial charge in [0.2, 0.25) is 31.9 Å². The van der Waals surface area contributed by atoms with Gasteiger partial charge >= 0.3 is 0 Å². The minimum absolute atomic E-state index is 0.233. The van der Waals surface area contributed by atoms with Gasteiger partial charge in [0.25, 0.3) is 0 Å². The Hall–Kier alpha value is -4.14. The minimum Gasteiger partial charge on any atom is -0.325 e. The van der Waals surface area contributed by atoms with Crippen LogP contribution < -0.4 is 10.6 Å². The number of carbonyl (C=O) groups is 2. The fraction of sp³-hybridized carbons (Fsp3) is 0.317. The monoisotopic (exact) mass is 832 g/mol. The van der Waals surface area contributed by atoms with Crippen LogP contribution in [0, 0.1) is 6.92 Å². The number of rotatable bonds is 12. The molecular formula is C41H45BrN4O6S2. The lowest BCUT2D eigenvalue weighted by Gasteiger charge is -2.24. The standard InChI is InChI=1S/C41H45BrN4O6S2/c1-4-31-26-28(3)10-22-38(31)53(49,50)45-24-6-8-36(45)40(47)43-34-18-13-29(14-19-34)11-12-30-15-20-35(21-16-30)44-41(48)37-9-7-25-46(37)54(51,52)39-23-17-33(42)27-32(39)5-2/h10-23,26-27,36-37H,4-9,24-25H2,1-3H3,(H,43,47)(H,44,48)/b12-11+/t36-,37-/m0/s1. The number of halogens is 1. The zero-order valence-corrected chi connectivity index (χ0v) is 33.8. The maximum Gasteiger partial charge on any atom is 0.244 e. The van der Waals surface area contributed by atoms with Gasteiger partial charge in [0.05, 0.1) is 9.79 Å². The molecule has 0 spiro atoms. The molecule has 54 heavy (non-hydrogen) atoms. The molecule has 4 aromatic rings. The highest BCUT2D eigenvalue weighted by Gasteiger charge is 2.41. The van der Waals surface area contributed by atoms with Crippen molar-refractivity contribution in [2.75, 3.05) is 23.7 Å². The number of nitrogens with one attached hydrogen (secondary N) is 2. The number of benzene rings is 4. The van der Waals surface area contributed by atoms with E-state index >= 15 is 0 Å². The summed E-state index contributed by atoms with van der Waals surface area (Å²) in [5.41, 5.74) is 5.36. The van der Waals surface area contributed by atoms with E-state index in [0.29, 0.717) is 62.0 Å². The second-order valence-corrected chi connectivity index (χ2v) is 18.3. The normalized spacial score (nSPS) is 18.3. The quantitative estimate of drug-likeness (QED) is 0.141. The van der Waals surface area contributed by atoms with E-state index in [1.54, 1.807) is 54.6 Å².